The van der Waals surface area contributed by atoms with E-state index in [1.807, 2.05) is 29.6 Å². The molecule has 4 aromatic rings. The number of carbonyl (C=O) groups is 6. The molecule has 0 aliphatic carbocycles. The molecule has 0 fully saturated rings. The van der Waals surface area contributed by atoms with E-state index in [0.717, 1.165) is 15.4 Å². The lowest BCUT2D eigenvalue weighted by Gasteiger charge is -2.35. The normalized spacial score (nSPS) is 16.0. The number of amides is 5. The SMILES string of the molecule is CCC1(OC(=O)CCC(F)(F)CNC(=O)OCc2ccc(NC(=O)C(CCCNC(N)=O)NC(=O)C(N)C(C)C)cc2)C(=O)OCc2c1cc1n(c2=O)Cc2cc3c(Br)cccc3nc2-1. The van der Waals surface area contributed by atoms with Crippen molar-refractivity contribution in [3.63, 3.8) is 0 Å². The fourth-order valence-corrected chi connectivity index (χ4v) is 7.88. The van der Waals surface area contributed by atoms with Crippen LogP contribution in [-0.2, 0) is 58.7 Å². The van der Waals surface area contributed by atoms with Gasteiger partial charge in [0.05, 0.1) is 48.0 Å². The zero-order chi connectivity index (χ0) is 47.2. The molecule has 0 bridgehead atoms. The third-order valence-corrected chi connectivity index (χ3v) is 11.8. The topological polar surface area (TPSA) is 265 Å². The highest BCUT2D eigenvalue weighted by Crippen LogP contribution is 2.42. The van der Waals surface area contributed by atoms with Crippen LogP contribution in [0.5, 0.6) is 0 Å². The molecule has 0 spiro atoms. The summed E-state index contributed by atoms with van der Waals surface area (Å²) in [6.07, 6.45) is -2.76. The summed E-state index contributed by atoms with van der Waals surface area (Å²) in [4.78, 5) is 94.4. The zero-order valence-electron chi connectivity index (χ0n) is 35.8. The average molecular weight is 968 g/mol. The van der Waals surface area contributed by atoms with Crippen molar-refractivity contribution >= 4 is 68.4 Å². The summed E-state index contributed by atoms with van der Waals surface area (Å²) < 4.78 is 48.5. The van der Waals surface area contributed by atoms with Gasteiger partial charge in [-0.05, 0) is 67.1 Å². The minimum atomic E-state index is -3.61. The Hall–Kier alpha value is -6.48. The highest BCUT2D eigenvalue weighted by Gasteiger charge is 2.50. The number of nitrogens with two attached hydrogens (primary N) is 2. The van der Waals surface area contributed by atoms with Crippen LogP contribution in [0, 0.1) is 5.92 Å². The number of pyridine rings is 2. The Bertz CT molecular complexity index is 2570. The Morgan fingerprint density at radius 1 is 1.05 bits per heavy atom. The van der Waals surface area contributed by atoms with Crippen molar-refractivity contribution in [2.24, 2.45) is 17.4 Å². The van der Waals surface area contributed by atoms with E-state index in [4.69, 9.17) is 30.7 Å². The Balaban J connectivity index is 1.01. The number of primary amides is 1. The molecule has 6 rings (SSSR count). The van der Waals surface area contributed by atoms with Gasteiger partial charge in [-0.25, -0.2) is 28.1 Å². The second-order valence-corrected chi connectivity index (χ2v) is 16.9. The molecule has 2 aliphatic rings. The fourth-order valence-electron chi connectivity index (χ4n) is 7.41. The van der Waals surface area contributed by atoms with E-state index in [-0.39, 0.29) is 56.2 Å². The van der Waals surface area contributed by atoms with Gasteiger partial charge >= 0.3 is 24.1 Å². The molecule has 2 aliphatic heterocycles. The number of alkyl carbamates (subject to hydrolysis) is 1. The second-order valence-electron chi connectivity index (χ2n) is 16.1. The zero-order valence-corrected chi connectivity index (χ0v) is 37.4. The van der Waals surface area contributed by atoms with E-state index >= 15 is 8.78 Å². The maximum Gasteiger partial charge on any atom is 0.407 e. The maximum atomic E-state index is 15.0. The molecular formula is C44H49BrF2N8O10. The van der Waals surface area contributed by atoms with Gasteiger partial charge in [-0.3, -0.25) is 19.2 Å². The molecule has 65 heavy (non-hydrogen) atoms. The van der Waals surface area contributed by atoms with Crippen molar-refractivity contribution in [2.45, 2.75) is 96.2 Å². The number of esters is 2. The Morgan fingerprint density at radius 3 is 2.48 bits per heavy atom. The number of nitrogens with zero attached hydrogens (tertiary/aromatic N) is 2. The van der Waals surface area contributed by atoms with Gasteiger partial charge in [0.2, 0.25) is 17.4 Å². The smallest absolute Gasteiger partial charge is 0.407 e. The number of fused-ring (bicyclic) bond motifs is 5. The van der Waals surface area contributed by atoms with Crippen LogP contribution in [-0.4, -0.2) is 76.5 Å². The number of benzene rings is 2. The molecule has 5 amide bonds. The van der Waals surface area contributed by atoms with Gasteiger partial charge in [0.1, 0.15) is 19.3 Å². The van der Waals surface area contributed by atoms with Gasteiger partial charge in [-0.2, -0.15) is 0 Å². The summed E-state index contributed by atoms with van der Waals surface area (Å²) in [5.41, 5.74) is 11.8. The summed E-state index contributed by atoms with van der Waals surface area (Å²) in [6, 6.07) is 12.5. The Kier molecular flexibility index (Phi) is 14.9. The van der Waals surface area contributed by atoms with Crippen molar-refractivity contribution in [1.29, 1.82) is 0 Å². The quantitative estimate of drug-likeness (QED) is 0.0400. The highest BCUT2D eigenvalue weighted by atomic mass is 79.9. The standard InChI is InChI=1S/C44H49BrF2N8O10/c1-4-44(29-18-33-36-25(17-27-30(45)7-5-8-31(27)53-36)19-55(33)39(59)28(29)21-63-40(44)60)65-34(56)14-15-43(46,47)22-51-42(62)64-20-24-10-12-26(13-11-24)52-37(57)32(9-6-16-50-41(49)61)54-38(58)35(48)23(2)3/h5,7-8,10-13,17-18,23,32,35H,4,6,9,14-16,19-22,48H2,1-3H3,(H,51,62)(H,52,57)(H,54,58)(H3,49,50,61). The van der Waals surface area contributed by atoms with Gasteiger partial charge in [0.15, 0.2) is 0 Å². The first-order valence-electron chi connectivity index (χ1n) is 20.8. The summed E-state index contributed by atoms with van der Waals surface area (Å²) in [6.45, 7) is 3.57. The summed E-state index contributed by atoms with van der Waals surface area (Å²) in [5.74, 6) is -6.97. The first-order valence-corrected chi connectivity index (χ1v) is 21.6. The number of anilines is 1. The van der Waals surface area contributed by atoms with Crippen LogP contribution in [0.4, 0.5) is 24.1 Å². The Labute approximate surface area is 379 Å². The summed E-state index contributed by atoms with van der Waals surface area (Å²) in [7, 11) is 0. The van der Waals surface area contributed by atoms with E-state index in [1.165, 1.54) is 28.8 Å². The largest absolute Gasteiger partial charge is 0.457 e. The lowest BCUT2D eigenvalue weighted by Crippen LogP contribution is -2.51. The number of alkyl halides is 2. The van der Waals surface area contributed by atoms with E-state index in [2.05, 4.69) is 31.9 Å². The van der Waals surface area contributed by atoms with E-state index < -0.39 is 84.4 Å². The fraction of sp³-hybridized carbons (Fsp3) is 0.409. The lowest BCUT2D eigenvalue weighted by molar-refractivity contribution is -0.190. The lowest BCUT2D eigenvalue weighted by atomic mass is 9.85. The van der Waals surface area contributed by atoms with Crippen LogP contribution >= 0.6 is 15.9 Å². The highest BCUT2D eigenvalue weighted by molar-refractivity contribution is 9.10. The van der Waals surface area contributed by atoms with Crippen LogP contribution in [0.3, 0.4) is 0 Å². The number of urea groups is 1. The number of carbonyl (C=O) groups excluding carboxylic acids is 6. The molecule has 2 aromatic carbocycles. The average Bonchev–Trinajstić information content (AvgIpc) is 3.63. The van der Waals surface area contributed by atoms with Crippen molar-refractivity contribution in [3.05, 3.63) is 91.7 Å². The number of nitrogens with one attached hydrogen (secondary N) is 4. The van der Waals surface area contributed by atoms with Crippen LogP contribution in [0.25, 0.3) is 22.3 Å². The predicted octanol–water partition coefficient (Wildman–Crippen LogP) is 4.59. The van der Waals surface area contributed by atoms with Crippen molar-refractivity contribution in [1.82, 2.24) is 25.5 Å². The molecule has 21 heteroatoms. The molecule has 0 saturated heterocycles. The molecule has 346 valence electrons. The van der Waals surface area contributed by atoms with Gasteiger partial charge < -0.3 is 51.5 Å². The number of ether oxygens (including phenoxy) is 3. The molecule has 4 heterocycles. The minimum absolute atomic E-state index is 0.0974. The number of halogens is 3. The Morgan fingerprint density at radius 2 is 1.78 bits per heavy atom. The van der Waals surface area contributed by atoms with Gasteiger partial charge in [0, 0.05) is 39.6 Å². The molecule has 0 saturated carbocycles. The van der Waals surface area contributed by atoms with Crippen LogP contribution in [0.15, 0.2) is 63.9 Å². The number of hydrogen-bond donors (Lipinski definition) is 6. The first kappa shape index (κ1) is 48.0. The van der Waals surface area contributed by atoms with E-state index in [1.54, 1.807) is 26.8 Å². The molecule has 18 nitrogen and oxygen atoms in total. The minimum Gasteiger partial charge on any atom is -0.457 e. The van der Waals surface area contributed by atoms with E-state index in [0.29, 0.717) is 34.6 Å². The maximum absolute atomic E-state index is 15.0. The number of hydrogen-bond acceptors (Lipinski definition) is 12. The molecule has 3 atom stereocenters. The third-order valence-electron chi connectivity index (χ3n) is 11.2. The number of cyclic esters (lactones) is 1. The third kappa shape index (κ3) is 11.1. The molecule has 3 unspecified atom stereocenters. The van der Waals surface area contributed by atoms with Crippen LogP contribution < -0.4 is 38.3 Å². The van der Waals surface area contributed by atoms with Gasteiger partial charge in [0.25, 0.3) is 11.5 Å². The molecule has 0 radical (unpaired) electrons. The van der Waals surface area contributed by atoms with Crippen molar-refractivity contribution in [2.75, 3.05) is 18.4 Å². The predicted molar refractivity (Wildman–Crippen MR) is 235 cm³/mol. The molecular weight excluding hydrogens is 918 g/mol. The first-order chi connectivity index (χ1) is 30.8. The molecule has 8 N–H and O–H groups in total. The number of aromatic nitrogens is 2. The van der Waals surface area contributed by atoms with Crippen LogP contribution in [0.1, 0.15) is 75.1 Å². The second kappa shape index (κ2) is 20.1. The van der Waals surface area contributed by atoms with Crippen LogP contribution in [0.2, 0.25) is 0 Å². The van der Waals surface area contributed by atoms with Crippen molar-refractivity contribution < 1.29 is 51.8 Å². The van der Waals surface area contributed by atoms with E-state index in [9.17, 15) is 33.6 Å². The molecule has 2 aromatic heterocycles. The van der Waals surface area contributed by atoms with Crippen molar-refractivity contribution in [3.8, 4) is 11.4 Å². The monoisotopic (exact) mass is 966 g/mol. The summed E-state index contributed by atoms with van der Waals surface area (Å²) >= 11 is 3.53. The van der Waals surface area contributed by atoms with Gasteiger partial charge in [-0.1, -0.05) is 54.9 Å². The number of rotatable bonds is 18. The van der Waals surface area contributed by atoms with Gasteiger partial charge in [-0.15, -0.1) is 0 Å². The summed E-state index contributed by atoms with van der Waals surface area (Å²) in [5, 5.41) is 10.6.